The lowest BCUT2D eigenvalue weighted by Gasteiger charge is -2.33. The van der Waals surface area contributed by atoms with Gasteiger partial charge in [0.1, 0.15) is 0 Å². The minimum atomic E-state index is -2.67. The fourth-order valence-electron chi connectivity index (χ4n) is 6.57. The standard InChI is InChI=1S/C35H38N5O2P/c1-8-39-31-15-11-9-13-27(31)28-22-26(19-20-32(28)39)43(37(5)6,36-30-21-25(40(41)42)18-17-24(30)2)23-34-35(3,4)29-14-10-12-16-33(29)38(34)7/h9-23H,8H2,1-7H3/b34-23-. The van der Waals surface area contributed by atoms with Crippen molar-refractivity contribution in [1.82, 2.24) is 9.24 Å². The highest BCUT2D eigenvalue weighted by Crippen LogP contribution is 2.59. The lowest BCUT2D eigenvalue weighted by Crippen LogP contribution is -2.25. The van der Waals surface area contributed by atoms with Crippen LogP contribution in [-0.2, 0) is 12.0 Å². The Morgan fingerprint density at radius 2 is 1.65 bits per heavy atom. The molecule has 1 atom stereocenters. The summed E-state index contributed by atoms with van der Waals surface area (Å²) in [6.07, 6.45) is 0. The molecule has 0 amide bonds. The third-order valence-electron chi connectivity index (χ3n) is 8.97. The molecule has 8 heteroatoms. The summed E-state index contributed by atoms with van der Waals surface area (Å²) in [4.78, 5) is 13.7. The fourth-order valence-corrected chi connectivity index (χ4v) is 9.76. The van der Waals surface area contributed by atoms with Crippen molar-refractivity contribution in [3.8, 4) is 0 Å². The van der Waals surface area contributed by atoms with E-state index in [9.17, 15) is 10.1 Å². The number of para-hydroxylation sites is 2. The second kappa shape index (κ2) is 10.5. The van der Waals surface area contributed by atoms with E-state index in [-0.39, 0.29) is 16.0 Å². The first kappa shape index (κ1) is 28.9. The Morgan fingerprint density at radius 3 is 2.35 bits per heavy atom. The highest BCUT2D eigenvalue weighted by molar-refractivity contribution is 7.74. The maximum atomic E-state index is 11.8. The molecule has 0 aliphatic carbocycles. The monoisotopic (exact) mass is 591 g/mol. The number of nitro groups is 1. The molecule has 0 spiro atoms. The lowest BCUT2D eigenvalue weighted by atomic mass is 9.84. The van der Waals surface area contributed by atoms with E-state index in [2.05, 4.69) is 129 Å². The molecule has 1 aromatic heterocycles. The van der Waals surface area contributed by atoms with Crippen LogP contribution < -0.4 is 10.2 Å². The van der Waals surface area contributed by atoms with Crippen molar-refractivity contribution in [2.24, 2.45) is 4.74 Å². The van der Waals surface area contributed by atoms with Gasteiger partial charge in [0.15, 0.2) is 0 Å². The Morgan fingerprint density at radius 1 is 0.953 bits per heavy atom. The Balaban J connectivity index is 1.72. The number of nitro benzene ring substituents is 1. The summed E-state index contributed by atoms with van der Waals surface area (Å²) >= 11 is 0. The van der Waals surface area contributed by atoms with Gasteiger partial charge >= 0.3 is 0 Å². The Labute approximate surface area is 253 Å². The number of nitrogens with zero attached hydrogens (tertiary/aromatic N) is 5. The summed E-state index contributed by atoms with van der Waals surface area (Å²) < 4.78 is 10.1. The van der Waals surface area contributed by atoms with Crippen molar-refractivity contribution < 1.29 is 4.92 Å². The third-order valence-corrected chi connectivity index (χ3v) is 12.4. The topological polar surface area (TPSA) is 66.9 Å². The number of likely N-dealkylation sites (N-methyl/N-ethyl adjacent to an activating group) is 1. The highest BCUT2D eigenvalue weighted by atomic mass is 31.2. The van der Waals surface area contributed by atoms with Gasteiger partial charge in [0.2, 0.25) is 0 Å². The first-order valence-electron chi connectivity index (χ1n) is 14.6. The van der Waals surface area contributed by atoms with Gasteiger partial charge in [-0.05, 0) is 75.2 Å². The van der Waals surface area contributed by atoms with E-state index in [0.29, 0.717) is 5.69 Å². The van der Waals surface area contributed by atoms with Gasteiger partial charge in [0.05, 0.1) is 17.8 Å². The first-order valence-corrected chi connectivity index (χ1v) is 16.4. The molecule has 1 unspecified atom stereocenters. The van der Waals surface area contributed by atoms with Crippen LogP contribution in [-0.4, -0.2) is 35.3 Å². The van der Waals surface area contributed by atoms with Gasteiger partial charge in [-0.1, -0.05) is 56.3 Å². The van der Waals surface area contributed by atoms with Crippen LogP contribution in [0.25, 0.3) is 21.8 Å². The van der Waals surface area contributed by atoms with Gasteiger partial charge in [-0.15, -0.1) is 0 Å². The predicted molar refractivity (Wildman–Crippen MR) is 181 cm³/mol. The number of anilines is 1. The van der Waals surface area contributed by atoms with E-state index < -0.39 is 7.21 Å². The van der Waals surface area contributed by atoms with E-state index in [1.807, 2.05) is 6.92 Å². The number of aromatic nitrogens is 1. The van der Waals surface area contributed by atoms with Crippen LogP contribution in [0, 0.1) is 17.0 Å². The normalized spacial score (nSPS) is 16.7. The highest BCUT2D eigenvalue weighted by Gasteiger charge is 2.40. The number of rotatable bonds is 6. The molecule has 2 heterocycles. The van der Waals surface area contributed by atoms with Crippen molar-refractivity contribution in [3.05, 3.63) is 118 Å². The minimum Gasteiger partial charge on any atom is -0.347 e. The van der Waals surface area contributed by atoms with Crippen LogP contribution in [0.3, 0.4) is 0 Å². The van der Waals surface area contributed by atoms with Crippen molar-refractivity contribution >= 4 is 51.4 Å². The number of non-ortho nitro benzene ring substituents is 1. The summed E-state index contributed by atoms with van der Waals surface area (Å²) in [6, 6.07) is 28.8. The first-order chi connectivity index (χ1) is 20.5. The fraction of sp³-hybridized carbons (Fsp3) is 0.257. The number of hydrogen-bond acceptors (Lipinski definition) is 4. The summed E-state index contributed by atoms with van der Waals surface area (Å²) in [5.41, 5.74) is 7.35. The molecule has 0 saturated carbocycles. The van der Waals surface area contributed by atoms with E-state index in [1.54, 1.807) is 18.2 Å². The molecule has 220 valence electrons. The van der Waals surface area contributed by atoms with Crippen molar-refractivity contribution in [1.29, 1.82) is 0 Å². The average molecular weight is 592 g/mol. The van der Waals surface area contributed by atoms with Gasteiger partial charge in [0, 0.05) is 69.6 Å². The number of aryl methyl sites for hydroxylation is 2. The zero-order valence-electron chi connectivity index (χ0n) is 25.9. The van der Waals surface area contributed by atoms with Crippen molar-refractivity contribution in [2.45, 2.75) is 39.7 Å². The Hall–Kier alpha value is -4.19. The van der Waals surface area contributed by atoms with E-state index in [1.165, 1.54) is 38.8 Å². The van der Waals surface area contributed by atoms with Crippen LogP contribution in [0.1, 0.15) is 31.9 Å². The van der Waals surface area contributed by atoms with Crippen LogP contribution in [0.15, 0.2) is 101 Å². The molecule has 0 fully saturated rings. The quantitative estimate of drug-likeness (QED) is 0.112. The zero-order valence-corrected chi connectivity index (χ0v) is 26.8. The molecule has 6 rings (SSSR count). The lowest BCUT2D eigenvalue weighted by molar-refractivity contribution is -0.384. The SMILES string of the molecule is CCn1c2ccccc2c2cc(P(/C=C3\N(C)c4ccccc4C3(C)C)(=Nc3cc([N+](=O)[O-])ccc3C)N(C)C)ccc21. The molecule has 7 nitrogen and oxygen atoms in total. The summed E-state index contributed by atoms with van der Waals surface area (Å²) in [5.74, 6) is 2.37. The smallest absolute Gasteiger partial charge is 0.271 e. The maximum absolute atomic E-state index is 11.8. The van der Waals surface area contributed by atoms with Crippen molar-refractivity contribution in [3.63, 3.8) is 0 Å². The molecule has 1 aliphatic heterocycles. The molecule has 0 saturated heterocycles. The molecule has 5 aromatic rings. The van der Waals surface area contributed by atoms with Gasteiger partial charge in [-0.25, -0.2) is 4.74 Å². The Kier molecular flexibility index (Phi) is 7.07. The third kappa shape index (κ3) is 4.50. The molecule has 0 N–H and O–H groups in total. The molecule has 0 radical (unpaired) electrons. The van der Waals surface area contributed by atoms with Crippen LogP contribution >= 0.6 is 7.21 Å². The second-order valence-corrected chi connectivity index (χ2v) is 15.1. The van der Waals surface area contributed by atoms with Crippen LogP contribution in [0.5, 0.6) is 0 Å². The summed E-state index contributed by atoms with van der Waals surface area (Å²) in [7, 11) is 3.61. The predicted octanol–water partition coefficient (Wildman–Crippen LogP) is 8.93. The molecule has 4 aromatic carbocycles. The van der Waals surface area contributed by atoms with Gasteiger partial charge in [-0.3, -0.25) is 14.8 Å². The Bertz CT molecular complexity index is 2000. The number of allylic oxidation sites excluding steroid dienone is 1. The van der Waals surface area contributed by atoms with E-state index >= 15 is 0 Å². The average Bonchev–Trinajstić information content (AvgIpc) is 3.41. The number of benzene rings is 4. The number of hydrogen-bond donors (Lipinski definition) is 0. The molecule has 1 aliphatic rings. The summed E-state index contributed by atoms with van der Waals surface area (Å²) in [6.45, 7) is 9.55. The van der Waals surface area contributed by atoms with Crippen LogP contribution in [0.4, 0.5) is 17.1 Å². The largest absolute Gasteiger partial charge is 0.347 e. The van der Waals surface area contributed by atoms with E-state index in [4.69, 9.17) is 4.74 Å². The van der Waals surface area contributed by atoms with E-state index in [0.717, 1.165) is 17.4 Å². The minimum absolute atomic E-state index is 0.0426. The maximum Gasteiger partial charge on any atom is 0.271 e. The molecule has 43 heavy (non-hydrogen) atoms. The molecule has 0 bridgehead atoms. The molecular formula is C35H38N5O2P. The van der Waals surface area contributed by atoms with Gasteiger partial charge in [0.25, 0.3) is 5.69 Å². The summed E-state index contributed by atoms with van der Waals surface area (Å²) in [5, 5.41) is 15.3. The van der Waals surface area contributed by atoms with Crippen LogP contribution in [0.2, 0.25) is 0 Å². The molecular weight excluding hydrogens is 553 g/mol. The van der Waals surface area contributed by atoms with Crippen molar-refractivity contribution in [2.75, 3.05) is 26.0 Å². The zero-order chi connectivity index (χ0) is 30.7. The van der Waals surface area contributed by atoms with Gasteiger partial charge < -0.3 is 9.47 Å². The number of fused-ring (bicyclic) bond motifs is 4. The second-order valence-electron chi connectivity index (χ2n) is 12.0. The van der Waals surface area contributed by atoms with Gasteiger partial charge in [-0.2, -0.15) is 0 Å².